The molecule has 14 heavy (non-hydrogen) atoms. The maximum absolute atomic E-state index is 6.11. The molecule has 0 spiro atoms. The summed E-state index contributed by atoms with van der Waals surface area (Å²) in [6.45, 7) is 6.42. The molecule has 0 saturated carbocycles. The van der Waals surface area contributed by atoms with E-state index in [2.05, 4.69) is 32.2 Å². The second-order valence-electron chi connectivity index (χ2n) is 3.58. The van der Waals surface area contributed by atoms with E-state index in [4.69, 9.17) is 5.73 Å². The van der Waals surface area contributed by atoms with Gasteiger partial charge in [-0.15, -0.1) is 0 Å². The molecule has 1 rings (SSSR count). The first-order chi connectivity index (χ1) is 6.65. The lowest BCUT2D eigenvalue weighted by Gasteiger charge is -2.16. The van der Waals surface area contributed by atoms with Gasteiger partial charge in [0.1, 0.15) is 0 Å². The number of anilines is 2. The Labute approximate surface area is 86.5 Å². The minimum atomic E-state index is 0.963. The number of nitrogen functional groups attached to an aromatic ring is 1. The van der Waals surface area contributed by atoms with Crippen molar-refractivity contribution in [2.24, 2.45) is 0 Å². The van der Waals surface area contributed by atoms with Gasteiger partial charge in [0, 0.05) is 18.4 Å². The Balaban J connectivity index is 3.40. The molecule has 0 saturated heterocycles. The molecule has 0 radical (unpaired) electrons. The highest BCUT2D eigenvalue weighted by Crippen LogP contribution is 2.30. The molecular weight excluding hydrogens is 172 g/mol. The van der Waals surface area contributed by atoms with E-state index in [1.807, 2.05) is 7.05 Å². The number of rotatable bonds is 3. The molecule has 78 valence electrons. The molecule has 0 aromatic heterocycles. The number of hydrogen-bond donors (Lipinski definition) is 2. The largest absolute Gasteiger partial charge is 0.398 e. The molecule has 0 bridgehead atoms. The maximum atomic E-state index is 6.11. The number of hydrogen-bond acceptors (Lipinski definition) is 2. The Morgan fingerprint density at radius 1 is 1.29 bits per heavy atom. The van der Waals surface area contributed by atoms with E-state index in [9.17, 15) is 0 Å². The van der Waals surface area contributed by atoms with Crippen LogP contribution >= 0.6 is 0 Å². The molecular formula is C12H20N2. The van der Waals surface area contributed by atoms with Crippen molar-refractivity contribution in [3.05, 3.63) is 22.8 Å². The quantitative estimate of drug-likeness (QED) is 0.723. The topological polar surface area (TPSA) is 38.0 Å². The maximum Gasteiger partial charge on any atom is 0.0420 e. The molecule has 0 fully saturated rings. The molecule has 0 aliphatic carbocycles. The highest BCUT2D eigenvalue weighted by atomic mass is 14.8. The zero-order valence-electron chi connectivity index (χ0n) is 9.57. The number of nitrogens with two attached hydrogens (primary N) is 1. The third-order valence-electron chi connectivity index (χ3n) is 2.74. The summed E-state index contributed by atoms with van der Waals surface area (Å²) in [6, 6.07) is 2.18. The Kier molecular flexibility index (Phi) is 3.39. The monoisotopic (exact) mass is 192 g/mol. The van der Waals surface area contributed by atoms with E-state index in [-0.39, 0.29) is 0 Å². The molecule has 1 aromatic carbocycles. The minimum absolute atomic E-state index is 0.963. The van der Waals surface area contributed by atoms with Crippen LogP contribution in [0.5, 0.6) is 0 Å². The fourth-order valence-corrected chi connectivity index (χ4v) is 1.99. The van der Waals surface area contributed by atoms with E-state index in [0.717, 1.165) is 18.5 Å². The summed E-state index contributed by atoms with van der Waals surface area (Å²) in [5, 5.41) is 3.23. The van der Waals surface area contributed by atoms with E-state index >= 15 is 0 Å². The summed E-state index contributed by atoms with van der Waals surface area (Å²) in [4.78, 5) is 0. The summed E-state index contributed by atoms with van der Waals surface area (Å²) in [5.74, 6) is 0. The normalized spacial score (nSPS) is 10.3. The van der Waals surface area contributed by atoms with Crippen LogP contribution in [0.15, 0.2) is 6.07 Å². The molecule has 0 aliphatic heterocycles. The zero-order chi connectivity index (χ0) is 10.7. The molecule has 2 heteroatoms. The second-order valence-corrected chi connectivity index (χ2v) is 3.58. The van der Waals surface area contributed by atoms with Gasteiger partial charge in [0.25, 0.3) is 0 Å². The molecule has 0 aliphatic rings. The van der Waals surface area contributed by atoms with Gasteiger partial charge in [0.2, 0.25) is 0 Å². The molecule has 0 unspecified atom stereocenters. The van der Waals surface area contributed by atoms with Gasteiger partial charge in [0.05, 0.1) is 0 Å². The minimum Gasteiger partial charge on any atom is -0.398 e. The van der Waals surface area contributed by atoms with Crippen LogP contribution in [0.2, 0.25) is 0 Å². The second kappa shape index (κ2) is 4.36. The first-order valence-corrected chi connectivity index (χ1v) is 5.24. The van der Waals surface area contributed by atoms with Crippen molar-refractivity contribution in [3.8, 4) is 0 Å². The first-order valence-electron chi connectivity index (χ1n) is 5.24. The standard InChI is InChI=1S/C12H20N2/c1-5-9-7-8(3)12(14-4)10(6-2)11(9)13/h7,14H,5-6,13H2,1-4H3. The predicted molar refractivity (Wildman–Crippen MR) is 63.9 cm³/mol. The Bertz CT molecular complexity index is 330. The third-order valence-corrected chi connectivity index (χ3v) is 2.74. The number of benzene rings is 1. The Morgan fingerprint density at radius 3 is 2.36 bits per heavy atom. The van der Waals surface area contributed by atoms with E-state index in [1.54, 1.807) is 0 Å². The highest BCUT2D eigenvalue weighted by Gasteiger charge is 2.10. The SMILES string of the molecule is CCc1cc(C)c(NC)c(CC)c1N. The predicted octanol–water partition coefficient (Wildman–Crippen LogP) is 2.74. The zero-order valence-corrected chi connectivity index (χ0v) is 9.57. The van der Waals surface area contributed by atoms with Crippen molar-refractivity contribution in [1.82, 2.24) is 0 Å². The molecule has 2 nitrogen and oxygen atoms in total. The molecule has 0 amide bonds. The summed E-state index contributed by atoms with van der Waals surface area (Å²) in [7, 11) is 1.95. The lowest BCUT2D eigenvalue weighted by Crippen LogP contribution is -2.05. The van der Waals surface area contributed by atoms with E-state index in [0.29, 0.717) is 0 Å². The summed E-state index contributed by atoms with van der Waals surface area (Å²) >= 11 is 0. The summed E-state index contributed by atoms with van der Waals surface area (Å²) in [5.41, 5.74) is 12.1. The van der Waals surface area contributed by atoms with Gasteiger partial charge < -0.3 is 11.1 Å². The van der Waals surface area contributed by atoms with Gasteiger partial charge in [-0.25, -0.2) is 0 Å². The first kappa shape index (κ1) is 10.9. The smallest absolute Gasteiger partial charge is 0.0420 e. The lowest BCUT2D eigenvalue weighted by molar-refractivity contribution is 1.08. The van der Waals surface area contributed by atoms with Gasteiger partial charge in [-0.1, -0.05) is 19.9 Å². The molecule has 0 atom stereocenters. The van der Waals surface area contributed by atoms with E-state index in [1.165, 1.54) is 22.4 Å². The molecule has 3 N–H and O–H groups in total. The van der Waals surface area contributed by atoms with Crippen LogP contribution in [0.1, 0.15) is 30.5 Å². The number of aryl methyl sites for hydroxylation is 2. The summed E-state index contributed by atoms with van der Waals surface area (Å²) < 4.78 is 0. The van der Waals surface area contributed by atoms with Crippen molar-refractivity contribution in [2.75, 3.05) is 18.1 Å². The van der Waals surface area contributed by atoms with Crippen molar-refractivity contribution in [2.45, 2.75) is 33.6 Å². The van der Waals surface area contributed by atoms with Gasteiger partial charge >= 0.3 is 0 Å². The third kappa shape index (κ3) is 1.69. The lowest BCUT2D eigenvalue weighted by atomic mass is 9.97. The van der Waals surface area contributed by atoms with Crippen LogP contribution in [0, 0.1) is 6.92 Å². The average Bonchev–Trinajstić information content (AvgIpc) is 2.20. The van der Waals surface area contributed by atoms with Crippen LogP contribution in [-0.4, -0.2) is 7.05 Å². The van der Waals surface area contributed by atoms with Crippen LogP contribution in [-0.2, 0) is 12.8 Å². The van der Waals surface area contributed by atoms with Crippen molar-refractivity contribution >= 4 is 11.4 Å². The van der Waals surface area contributed by atoms with Gasteiger partial charge in [-0.05, 0) is 36.5 Å². The van der Waals surface area contributed by atoms with Gasteiger partial charge in [0.15, 0.2) is 0 Å². The van der Waals surface area contributed by atoms with Crippen molar-refractivity contribution in [3.63, 3.8) is 0 Å². The van der Waals surface area contributed by atoms with Crippen LogP contribution in [0.25, 0.3) is 0 Å². The van der Waals surface area contributed by atoms with Gasteiger partial charge in [-0.3, -0.25) is 0 Å². The fourth-order valence-electron chi connectivity index (χ4n) is 1.99. The van der Waals surface area contributed by atoms with Crippen LogP contribution in [0.3, 0.4) is 0 Å². The van der Waals surface area contributed by atoms with Gasteiger partial charge in [-0.2, -0.15) is 0 Å². The summed E-state index contributed by atoms with van der Waals surface area (Å²) in [6.07, 6.45) is 1.99. The average molecular weight is 192 g/mol. The fraction of sp³-hybridized carbons (Fsp3) is 0.500. The van der Waals surface area contributed by atoms with Crippen LogP contribution < -0.4 is 11.1 Å². The Morgan fingerprint density at radius 2 is 1.93 bits per heavy atom. The van der Waals surface area contributed by atoms with E-state index < -0.39 is 0 Å². The van der Waals surface area contributed by atoms with Crippen molar-refractivity contribution < 1.29 is 0 Å². The van der Waals surface area contributed by atoms with Crippen molar-refractivity contribution in [1.29, 1.82) is 0 Å². The molecule has 0 heterocycles. The Hall–Kier alpha value is -1.18. The highest BCUT2D eigenvalue weighted by molar-refractivity contribution is 5.70. The molecule has 1 aromatic rings. The van der Waals surface area contributed by atoms with Crippen LogP contribution in [0.4, 0.5) is 11.4 Å². The number of nitrogens with one attached hydrogen (secondary N) is 1.